The molecule has 0 aromatic carbocycles. The average Bonchev–Trinajstić information content (AvgIpc) is 2.94. The maximum absolute atomic E-state index is 11.6. The first-order valence-electron chi connectivity index (χ1n) is 15.1. The van der Waals surface area contributed by atoms with Crippen LogP contribution in [0.15, 0.2) is 0 Å². The Morgan fingerprint density at radius 3 is 1.05 bits per heavy atom. The van der Waals surface area contributed by atoms with E-state index in [-0.39, 0.29) is 5.97 Å². The molecular weight excluding hydrogens is 508 g/mol. The fourth-order valence-electron chi connectivity index (χ4n) is 3.22. The summed E-state index contributed by atoms with van der Waals surface area (Å²) < 4.78 is 48.7. The van der Waals surface area contributed by atoms with Gasteiger partial charge in [0.25, 0.3) is 0 Å². The van der Waals surface area contributed by atoms with Gasteiger partial charge >= 0.3 is 5.97 Å². The molecular formula is C29H58O10. The third kappa shape index (κ3) is 35.1. The van der Waals surface area contributed by atoms with E-state index in [0.717, 1.165) is 32.3 Å². The van der Waals surface area contributed by atoms with Gasteiger partial charge in [-0.15, -0.1) is 0 Å². The molecule has 0 aliphatic rings. The van der Waals surface area contributed by atoms with Crippen LogP contribution in [0.4, 0.5) is 0 Å². The fourth-order valence-corrected chi connectivity index (χ4v) is 3.22. The van der Waals surface area contributed by atoms with Crippen LogP contribution in [0.25, 0.3) is 0 Å². The summed E-state index contributed by atoms with van der Waals surface area (Å²) in [5.74, 6) is -0.138. The first-order valence-corrected chi connectivity index (χ1v) is 15.1. The van der Waals surface area contributed by atoms with E-state index in [9.17, 15) is 4.79 Å². The van der Waals surface area contributed by atoms with Crippen molar-refractivity contribution < 1.29 is 47.4 Å². The van der Waals surface area contributed by atoms with Crippen LogP contribution in [0.5, 0.6) is 0 Å². The molecule has 10 heteroatoms. The third-order valence-corrected chi connectivity index (χ3v) is 5.47. The molecule has 234 valence electrons. The quantitative estimate of drug-likeness (QED) is 0.0832. The predicted octanol–water partition coefficient (Wildman–Crippen LogP) is 4.21. The number of rotatable bonds is 34. The molecule has 0 radical (unpaired) electrons. The van der Waals surface area contributed by atoms with Crippen LogP contribution < -0.4 is 0 Å². The van der Waals surface area contributed by atoms with E-state index in [1.807, 2.05) is 0 Å². The summed E-state index contributed by atoms with van der Waals surface area (Å²) >= 11 is 0. The smallest absolute Gasteiger partial charge is 0.305 e. The Balaban J connectivity index is 3.09. The number of carbonyl (C=O) groups is 1. The zero-order chi connectivity index (χ0) is 28.3. The Bertz CT molecular complexity index is 467. The van der Waals surface area contributed by atoms with Crippen molar-refractivity contribution in [3.05, 3.63) is 0 Å². The Morgan fingerprint density at radius 2 is 0.667 bits per heavy atom. The van der Waals surface area contributed by atoms with Gasteiger partial charge in [0, 0.05) is 13.0 Å². The Morgan fingerprint density at radius 1 is 0.359 bits per heavy atom. The van der Waals surface area contributed by atoms with E-state index in [0.29, 0.717) is 112 Å². The van der Waals surface area contributed by atoms with Crippen LogP contribution in [0, 0.1) is 0 Å². The molecule has 39 heavy (non-hydrogen) atoms. The zero-order valence-corrected chi connectivity index (χ0v) is 25.0. The van der Waals surface area contributed by atoms with Crippen molar-refractivity contribution >= 4 is 5.97 Å². The topological polar surface area (TPSA) is 100 Å². The third-order valence-electron chi connectivity index (χ3n) is 5.47. The van der Waals surface area contributed by atoms with E-state index < -0.39 is 0 Å². The molecule has 0 aliphatic carbocycles. The van der Waals surface area contributed by atoms with Gasteiger partial charge in [0.2, 0.25) is 0 Å². The van der Waals surface area contributed by atoms with Gasteiger partial charge in [-0.25, -0.2) is 0 Å². The van der Waals surface area contributed by atoms with Gasteiger partial charge in [0.05, 0.1) is 99.1 Å². The van der Waals surface area contributed by atoms with Gasteiger partial charge < -0.3 is 42.6 Å². The molecule has 0 aliphatic heterocycles. The van der Waals surface area contributed by atoms with E-state index >= 15 is 0 Å². The molecule has 0 saturated carbocycles. The SMILES string of the molecule is CCCCCCCCC(=O)OCCOCCOCCOCCOCCOCCOCCOCCOCCCC. The van der Waals surface area contributed by atoms with Crippen LogP contribution >= 0.6 is 0 Å². The Hall–Kier alpha value is -0.850. The normalized spacial score (nSPS) is 11.3. The lowest BCUT2D eigenvalue weighted by molar-refractivity contribution is -0.145. The highest BCUT2D eigenvalue weighted by molar-refractivity contribution is 5.69. The van der Waals surface area contributed by atoms with Crippen molar-refractivity contribution in [3.8, 4) is 0 Å². The molecule has 0 aromatic heterocycles. The summed E-state index contributed by atoms with van der Waals surface area (Å²) in [5, 5.41) is 0. The minimum absolute atomic E-state index is 0.138. The van der Waals surface area contributed by atoms with Crippen LogP contribution in [0.3, 0.4) is 0 Å². The highest BCUT2D eigenvalue weighted by Gasteiger charge is 2.02. The van der Waals surface area contributed by atoms with Crippen LogP contribution in [-0.4, -0.2) is 118 Å². The first-order chi connectivity index (χ1) is 19.3. The lowest BCUT2D eigenvalue weighted by Crippen LogP contribution is -2.15. The molecule has 0 heterocycles. The van der Waals surface area contributed by atoms with Crippen molar-refractivity contribution in [2.45, 2.75) is 71.6 Å². The van der Waals surface area contributed by atoms with E-state index in [2.05, 4.69) is 13.8 Å². The Labute approximate surface area is 237 Å². The standard InChI is InChI=1S/C29H58O10/c1-3-5-7-8-9-10-11-29(30)39-28-27-38-26-25-37-24-23-36-22-21-35-20-19-34-18-17-33-16-15-32-14-13-31-12-6-4-2/h3-28H2,1-2H3. The molecule has 0 fully saturated rings. The van der Waals surface area contributed by atoms with Gasteiger partial charge in [0.15, 0.2) is 0 Å². The van der Waals surface area contributed by atoms with Gasteiger partial charge in [-0.1, -0.05) is 52.4 Å². The summed E-state index contributed by atoms with van der Waals surface area (Å²) in [7, 11) is 0. The number of hydrogen-bond acceptors (Lipinski definition) is 10. The zero-order valence-electron chi connectivity index (χ0n) is 25.0. The second kappa shape index (κ2) is 35.2. The van der Waals surface area contributed by atoms with Gasteiger partial charge in [-0.2, -0.15) is 0 Å². The van der Waals surface area contributed by atoms with Crippen molar-refractivity contribution in [1.29, 1.82) is 0 Å². The number of esters is 1. The maximum Gasteiger partial charge on any atom is 0.305 e. The number of hydrogen-bond donors (Lipinski definition) is 0. The summed E-state index contributed by atoms with van der Waals surface area (Å²) in [4.78, 5) is 11.6. The minimum Gasteiger partial charge on any atom is -0.463 e. The van der Waals surface area contributed by atoms with Crippen molar-refractivity contribution in [2.75, 3.05) is 112 Å². The van der Waals surface area contributed by atoms with Crippen molar-refractivity contribution in [3.63, 3.8) is 0 Å². The molecule has 0 rings (SSSR count). The summed E-state index contributed by atoms with van der Waals surface area (Å²) in [5.41, 5.74) is 0. The summed E-state index contributed by atoms with van der Waals surface area (Å²) in [6.45, 7) is 13.3. The highest BCUT2D eigenvalue weighted by Crippen LogP contribution is 2.07. The lowest BCUT2D eigenvalue weighted by Gasteiger charge is -2.09. The van der Waals surface area contributed by atoms with Crippen LogP contribution in [-0.2, 0) is 47.4 Å². The Kier molecular flexibility index (Phi) is 34.4. The lowest BCUT2D eigenvalue weighted by atomic mass is 10.1. The van der Waals surface area contributed by atoms with E-state index in [1.165, 1.54) is 25.7 Å². The van der Waals surface area contributed by atoms with E-state index in [1.54, 1.807) is 0 Å². The highest BCUT2D eigenvalue weighted by atomic mass is 16.6. The molecule has 0 unspecified atom stereocenters. The number of ether oxygens (including phenoxy) is 9. The number of carbonyl (C=O) groups excluding carboxylic acids is 1. The van der Waals surface area contributed by atoms with E-state index in [4.69, 9.17) is 42.6 Å². The average molecular weight is 567 g/mol. The molecule has 0 amide bonds. The van der Waals surface area contributed by atoms with Gasteiger partial charge in [-0.3, -0.25) is 4.79 Å². The maximum atomic E-state index is 11.6. The molecule has 0 atom stereocenters. The monoisotopic (exact) mass is 566 g/mol. The molecule has 0 saturated heterocycles. The second-order valence-corrected chi connectivity index (χ2v) is 8.99. The van der Waals surface area contributed by atoms with Crippen molar-refractivity contribution in [2.24, 2.45) is 0 Å². The summed E-state index contributed by atoms with van der Waals surface area (Å²) in [6, 6.07) is 0. The second-order valence-electron chi connectivity index (χ2n) is 8.99. The summed E-state index contributed by atoms with van der Waals surface area (Å²) in [6.07, 6.45) is 9.70. The number of unbranched alkanes of at least 4 members (excludes halogenated alkanes) is 6. The van der Waals surface area contributed by atoms with Crippen LogP contribution in [0.2, 0.25) is 0 Å². The molecule has 10 nitrogen and oxygen atoms in total. The van der Waals surface area contributed by atoms with Crippen molar-refractivity contribution in [1.82, 2.24) is 0 Å². The predicted molar refractivity (Wildman–Crippen MR) is 150 cm³/mol. The first kappa shape index (κ1) is 38.1. The fraction of sp³-hybridized carbons (Fsp3) is 0.966. The van der Waals surface area contributed by atoms with Gasteiger partial charge in [-0.05, 0) is 12.8 Å². The molecule has 0 spiro atoms. The largest absolute Gasteiger partial charge is 0.463 e. The van der Waals surface area contributed by atoms with Gasteiger partial charge in [0.1, 0.15) is 6.61 Å². The molecule has 0 aromatic rings. The molecule has 0 N–H and O–H groups in total. The molecule has 0 bridgehead atoms. The minimum atomic E-state index is -0.138. The van der Waals surface area contributed by atoms with Crippen LogP contribution in [0.1, 0.15) is 71.6 Å².